The minimum Gasteiger partial charge on any atom is -0.314 e. The molecule has 3 nitrogen and oxygen atoms in total. The van der Waals surface area contributed by atoms with Crippen LogP contribution in [0.5, 0.6) is 0 Å². The molecule has 0 spiro atoms. The van der Waals surface area contributed by atoms with Crippen LogP contribution in [0.1, 0.15) is 27.7 Å². The predicted octanol–water partition coefficient (Wildman–Crippen LogP) is 1.84. The third-order valence-electron chi connectivity index (χ3n) is 1.91. The second kappa shape index (κ2) is 3.17. The Morgan fingerprint density at radius 1 is 1.25 bits per heavy atom. The standard InChI is InChI=1S/C9H17N3/c1-7(2)11-6-10-12(8(3)4)9(11)5/h6-8H,5H2,1-4H3. The Labute approximate surface area is 74.3 Å². The predicted molar refractivity (Wildman–Crippen MR) is 51.6 cm³/mol. The molecule has 0 aromatic carbocycles. The summed E-state index contributed by atoms with van der Waals surface area (Å²) in [6.45, 7) is 12.4. The van der Waals surface area contributed by atoms with Crippen LogP contribution < -0.4 is 0 Å². The minimum atomic E-state index is 0.387. The fourth-order valence-corrected chi connectivity index (χ4v) is 1.23. The first-order valence-corrected chi connectivity index (χ1v) is 4.34. The SMILES string of the molecule is C=C1N(C(C)C)C=NN1C(C)C. The molecule has 12 heavy (non-hydrogen) atoms. The van der Waals surface area contributed by atoms with E-state index in [-0.39, 0.29) is 0 Å². The monoisotopic (exact) mass is 167 g/mol. The molecule has 0 saturated heterocycles. The zero-order chi connectivity index (χ0) is 9.30. The van der Waals surface area contributed by atoms with Gasteiger partial charge in [0, 0.05) is 12.1 Å². The van der Waals surface area contributed by atoms with Gasteiger partial charge in [-0.15, -0.1) is 0 Å². The molecule has 0 fully saturated rings. The highest BCUT2D eigenvalue weighted by Gasteiger charge is 2.22. The summed E-state index contributed by atoms with van der Waals surface area (Å²) in [5, 5.41) is 6.18. The molecule has 0 aliphatic carbocycles. The average molecular weight is 167 g/mol. The zero-order valence-electron chi connectivity index (χ0n) is 8.28. The Morgan fingerprint density at radius 3 is 2.08 bits per heavy atom. The van der Waals surface area contributed by atoms with E-state index in [9.17, 15) is 0 Å². The van der Waals surface area contributed by atoms with Crippen molar-refractivity contribution in [1.29, 1.82) is 0 Å². The quantitative estimate of drug-likeness (QED) is 0.625. The first kappa shape index (κ1) is 9.10. The highest BCUT2D eigenvalue weighted by atomic mass is 15.6. The summed E-state index contributed by atoms with van der Waals surface area (Å²) in [5.41, 5.74) is 0. The summed E-state index contributed by atoms with van der Waals surface area (Å²) < 4.78 is 0. The van der Waals surface area contributed by atoms with Crippen LogP contribution in [0.2, 0.25) is 0 Å². The van der Waals surface area contributed by atoms with Crippen LogP contribution in [-0.2, 0) is 0 Å². The van der Waals surface area contributed by atoms with Crippen molar-refractivity contribution in [2.45, 2.75) is 39.8 Å². The van der Waals surface area contributed by atoms with Gasteiger partial charge in [0.2, 0.25) is 0 Å². The number of hydrazone groups is 1. The fourth-order valence-electron chi connectivity index (χ4n) is 1.23. The summed E-state index contributed by atoms with van der Waals surface area (Å²) >= 11 is 0. The van der Waals surface area contributed by atoms with Crippen molar-refractivity contribution in [1.82, 2.24) is 9.91 Å². The molecule has 1 aliphatic rings. The van der Waals surface area contributed by atoms with Gasteiger partial charge in [0.1, 0.15) is 12.2 Å². The molecular formula is C9H17N3. The summed E-state index contributed by atoms with van der Waals surface area (Å²) in [4.78, 5) is 2.07. The number of hydrogen-bond acceptors (Lipinski definition) is 3. The molecule has 0 radical (unpaired) electrons. The molecule has 0 atom stereocenters. The molecule has 3 heteroatoms. The third-order valence-corrected chi connectivity index (χ3v) is 1.91. The number of hydrogen-bond donors (Lipinski definition) is 0. The van der Waals surface area contributed by atoms with Gasteiger partial charge in [-0.1, -0.05) is 6.58 Å². The van der Waals surface area contributed by atoms with Crippen molar-refractivity contribution >= 4 is 6.34 Å². The summed E-state index contributed by atoms with van der Waals surface area (Å²) in [7, 11) is 0. The first-order valence-electron chi connectivity index (χ1n) is 4.34. The molecule has 0 N–H and O–H groups in total. The van der Waals surface area contributed by atoms with E-state index in [0.717, 1.165) is 5.82 Å². The number of nitrogens with zero attached hydrogens (tertiary/aromatic N) is 3. The van der Waals surface area contributed by atoms with Gasteiger partial charge < -0.3 is 4.90 Å². The van der Waals surface area contributed by atoms with E-state index >= 15 is 0 Å². The van der Waals surface area contributed by atoms with Crippen LogP contribution in [0.4, 0.5) is 0 Å². The van der Waals surface area contributed by atoms with E-state index in [2.05, 4.69) is 44.3 Å². The average Bonchev–Trinajstić information content (AvgIpc) is 2.30. The van der Waals surface area contributed by atoms with Crippen molar-refractivity contribution in [2.75, 3.05) is 0 Å². The van der Waals surface area contributed by atoms with Crippen LogP contribution in [0.25, 0.3) is 0 Å². The Bertz CT molecular complexity index is 186. The maximum Gasteiger partial charge on any atom is 0.123 e. The van der Waals surface area contributed by atoms with Gasteiger partial charge in [-0.25, -0.2) is 5.01 Å². The summed E-state index contributed by atoms with van der Waals surface area (Å²) in [5.74, 6) is 0.972. The summed E-state index contributed by atoms with van der Waals surface area (Å²) in [6.07, 6.45) is 1.84. The molecule has 68 valence electrons. The van der Waals surface area contributed by atoms with Crippen LogP contribution in [0, 0.1) is 0 Å². The van der Waals surface area contributed by atoms with Crippen molar-refractivity contribution < 1.29 is 0 Å². The molecule has 0 aromatic rings. The smallest absolute Gasteiger partial charge is 0.123 e. The van der Waals surface area contributed by atoms with E-state index in [0.29, 0.717) is 12.1 Å². The van der Waals surface area contributed by atoms with Gasteiger partial charge >= 0.3 is 0 Å². The third kappa shape index (κ3) is 1.44. The van der Waals surface area contributed by atoms with Crippen LogP contribution in [0.15, 0.2) is 17.5 Å². The Morgan fingerprint density at radius 2 is 1.83 bits per heavy atom. The molecule has 0 aromatic heterocycles. The molecule has 1 aliphatic heterocycles. The van der Waals surface area contributed by atoms with E-state index < -0.39 is 0 Å². The van der Waals surface area contributed by atoms with Crippen LogP contribution in [-0.4, -0.2) is 28.3 Å². The fraction of sp³-hybridized carbons (Fsp3) is 0.667. The highest BCUT2D eigenvalue weighted by molar-refractivity contribution is 5.60. The maximum atomic E-state index is 4.25. The van der Waals surface area contributed by atoms with Crippen molar-refractivity contribution in [3.8, 4) is 0 Å². The Balaban J connectivity index is 2.69. The lowest BCUT2D eigenvalue weighted by atomic mass is 10.3. The van der Waals surface area contributed by atoms with Crippen LogP contribution >= 0.6 is 0 Å². The van der Waals surface area contributed by atoms with E-state index in [1.165, 1.54) is 0 Å². The molecule has 1 heterocycles. The Kier molecular flexibility index (Phi) is 2.40. The molecular weight excluding hydrogens is 150 g/mol. The van der Waals surface area contributed by atoms with Crippen molar-refractivity contribution in [2.24, 2.45) is 5.10 Å². The zero-order valence-corrected chi connectivity index (χ0v) is 8.28. The van der Waals surface area contributed by atoms with E-state index in [1.54, 1.807) is 0 Å². The number of rotatable bonds is 2. The lowest BCUT2D eigenvalue weighted by molar-refractivity contribution is 0.254. The molecule has 0 bridgehead atoms. The van der Waals surface area contributed by atoms with Gasteiger partial charge in [-0.3, -0.25) is 0 Å². The van der Waals surface area contributed by atoms with E-state index in [4.69, 9.17) is 0 Å². The molecule has 0 amide bonds. The largest absolute Gasteiger partial charge is 0.314 e. The lowest BCUT2D eigenvalue weighted by Gasteiger charge is -2.26. The topological polar surface area (TPSA) is 18.8 Å². The second-order valence-electron chi connectivity index (χ2n) is 3.59. The van der Waals surface area contributed by atoms with Gasteiger partial charge in [0.15, 0.2) is 0 Å². The van der Waals surface area contributed by atoms with Gasteiger partial charge in [0.25, 0.3) is 0 Å². The van der Waals surface area contributed by atoms with Crippen molar-refractivity contribution in [3.05, 3.63) is 12.4 Å². The molecule has 1 rings (SSSR count). The minimum absolute atomic E-state index is 0.387. The normalized spacial score (nSPS) is 17.3. The van der Waals surface area contributed by atoms with Gasteiger partial charge in [0.05, 0.1) is 0 Å². The van der Waals surface area contributed by atoms with Crippen molar-refractivity contribution in [3.63, 3.8) is 0 Å². The highest BCUT2D eigenvalue weighted by Crippen LogP contribution is 2.19. The van der Waals surface area contributed by atoms with Gasteiger partial charge in [-0.2, -0.15) is 5.10 Å². The van der Waals surface area contributed by atoms with E-state index in [1.807, 2.05) is 11.3 Å². The van der Waals surface area contributed by atoms with Gasteiger partial charge in [-0.05, 0) is 27.7 Å². The summed E-state index contributed by atoms with van der Waals surface area (Å²) in [6, 6.07) is 0.822. The van der Waals surface area contributed by atoms with Crippen LogP contribution in [0.3, 0.4) is 0 Å². The lowest BCUT2D eigenvalue weighted by Crippen LogP contribution is -2.31. The second-order valence-corrected chi connectivity index (χ2v) is 3.59. The molecule has 0 unspecified atom stereocenters. The Hall–Kier alpha value is -0.990. The maximum absolute atomic E-state index is 4.25. The first-order chi connectivity index (χ1) is 5.54. The molecule has 0 saturated carbocycles.